The molecular weight excluding hydrogens is 452 g/mol. The van der Waals surface area contributed by atoms with Gasteiger partial charge in [-0.2, -0.15) is 0 Å². The lowest BCUT2D eigenvalue weighted by Crippen LogP contribution is -2.17. The largest absolute Gasteiger partial charge is 0.494 e. The number of amides is 1. The van der Waals surface area contributed by atoms with Gasteiger partial charge < -0.3 is 15.0 Å². The molecule has 10 heteroatoms. The molecule has 174 valence electrons. The fraction of sp³-hybridized carbons (Fsp3) is 0.174. The van der Waals surface area contributed by atoms with Crippen molar-refractivity contribution in [3.05, 3.63) is 77.9 Å². The van der Waals surface area contributed by atoms with Crippen molar-refractivity contribution in [1.82, 2.24) is 0 Å². The maximum absolute atomic E-state index is 14.2. The van der Waals surface area contributed by atoms with E-state index >= 15 is 0 Å². The first-order valence-electron chi connectivity index (χ1n) is 9.94. The second-order valence-corrected chi connectivity index (χ2v) is 8.91. The van der Waals surface area contributed by atoms with Gasteiger partial charge in [0, 0.05) is 31.0 Å². The summed E-state index contributed by atoms with van der Waals surface area (Å²) in [6.07, 6.45) is 0. The average molecular weight is 476 g/mol. The van der Waals surface area contributed by atoms with Gasteiger partial charge in [-0.05, 0) is 61.5 Å². The first-order chi connectivity index (χ1) is 15.6. The zero-order valence-electron chi connectivity index (χ0n) is 18.2. The highest BCUT2D eigenvalue weighted by Gasteiger charge is 2.18. The molecule has 0 heterocycles. The molecule has 0 fully saturated rings. The molecule has 0 aliphatic carbocycles. The summed E-state index contributed by atoms with van der Waals surface area (Å²) >= 11 is 0. The summed E-state index contributed by atoms with van der Waals surface area (Å²) in [4.78, 5) is 13.7. The Morgan fingerprint density at radius 3 is 2.18 bits per heavy atom. The van der Waals surface area contributed by atoms with Crippen LogP contribution in [0.25, 0.3) is 0 Å². The van der Waals surface area contributed by atoms with Crippen LogP contribution in [0.5, 0.6) is 5.75 Å². The van der Waals surface area contributed by atoms with Crippen LogP contribution in [0.1, 0.15) is 17.3 Å². The molecule has 0 aromatic heterocycles. The van der Waals surface area contributed by atoms with Gasteiger partial charge >= 0.3 is 0 Å². The molecule has 0 atom stereocenters. The zero-order chi connectivity index (χ0) is 24.2. The Morgan fingerprint density at radius 1 is 0.970 bits per heavy atom. The van der Waals surface area contributed by atoms with Gasteiger partial charge in [-0.3, -0.25) is 9.52 Å². The monoisotopic (exact) mass is 475 g/mol. The van der Waals surface area contributed by atoms with Crippen LogP contribution < -0.4 is 19.7 Å². The summed E-state index contributed by atoms with van der Waals surface area (Å²) in [7, 11) is -1.01. The number of nitrogens with one attached hydrogen (secondary N) is 2. The number of carbonyl (C=O) groups excluding carboxylic acids is 1. The predicted molar refractivity (Wildman–Crippen MR) is 123 cm³/mol. The van der Waals surface area contributed by atoms with Crippen LogP contribution in [-0.2, 0) is 10.0 Å². The SMILES string of the molecule is CCOc1ccc(NS(=O)(=O)c2cccc(C(=O)Nc3cc(F)c(N(C)C)c(F)c3)c2)cc1. The van der Waals surface area contributed by atoms with Crippen LogP contribution in [0.3, 0.4) is 0 Å². The molecule has 0 spiro atoms. The molecule has 0 radical (unpaired) electrons. The molecule has 0 aliphatic rings. The van der Waals surface area contributed by atoms with Crippen LogP contribution in [0.15, 0.2) is 65.6 Å². The smallest absolute Gasteiger partial charge is 0.261 e. The van der Waals surface area contributed by atoms with Crippen molar-refractivity contribution in [1.29, 1.82) is 0 Å². The highest BCUT2D eigenvalue weighted by Crippen LogP contribution is 2.26. The van der Waals surface area contributed by atoms with Gasteiger partial charge in [0.15, 0.2) is 11.6 Å². The second kappa shape index (κ2) is 9.86. The van der Waals surface area contributed by atoms with Gasteiger partial charge in [-0.25, -0.2) is 17.2 Å². The maximum Gasteiger partial charge on any atom is 0.261 e. The van der Waals surface area contributed by atoms with Crippen LogP contribution in [0.4, 0.5) is 25.8 Å². The number of sulfonamides is 1. The number of rotatable bonds is 8. The molecule has 0 bridgehead atoms. The van der Waals surface area contributed by atoms with Crippen LogP contribution in [0.2, 0.25) is 0 Å². The molecule has 0 saturated carbocycles. The van der Waals surface area contributed by atoms with E-state index in [4.69, 9.17) is 4.74 Å². The third-order valence-corrected chi connectivity index (χ3v) is 5.93. The van der Waals surface area contributed by atoms with Crippen molar-refractivity contribution in [3.8, 4) is 5.75 Å². The molecule has 0 saturated heterocycles. The topological polar surface area (TPSA) is 87.7 Å². The molecule has 2 N–H and O–H groups in total. The fourth-order valence-electron chi connectivity index (χ4n) is 3.07. The zero-order valence-corrected chi connectivity index (χ0v) is 19.0. The van der Waals surface area contributed by atoms with E-state index in [-0.39, 0.29) is 21.8 Å². The first-order valence-corrected chi connectivity index (χ1v) is 11.4. The molecule has 0 aliphatic heterocycles. The standard InChI is InChI=1S/C23H23F2N3O4S/c1-4-32-18-10-8-16(9-11-18)27-33(30,31)19-7-5-6-15(12-19)23(29)26-17-13-20(24)22(28(2)3)21(25)14-17/h5-14,27H,4H2,1-3H3,(H,26,29). The number of nitrogens with zero attached hydrogens (tertiary/aromatic N) is 1. The van der Waals surface area contributed by atoms with Gasteiger partial charge in [-0.1, -0.05) is 6.07 Å². The number of ether oxygens (including phenoxy) is 1. The lowest BCUT2D eigenvalue weighted by molar-refractivity contribution is 0.102. The normalized spacial score (nSPS) is 11.1. The van der Waals surface area contributed by atoms with Crippen molar-refractivity contribution in [2.75, 3.05) is 35.6 Å². The third-order valence-electron chi connectivity index (χ3n) is 4.55. The number of benzene rings is 3. The molecule has 3 aromatic rings. The van der Waals surface area contributed by atoms with Gasteiger partial charge in [-0.15, -0.1) is 0 Å². The molecule has 0 unspecified atom stereocenters. The minimum absolute atomic E-state index is 0.00192. The van der Waals surface area contributed by atoms with Gasteiger partial charge in [0.25, 0.3) is 15.9 Å². The van der Waals surface area contributed by atoms with E-state index in [9.17, 15) is 22.0 Å². The minimum Gasteiger partial charge on any atom is -0.494 e. The van der Waals surface area contributed by atoms with Crippen molar-refractivity contribution >= 4 is 33.0 Å². The highest BCUT2D eigenvalue weighted by atomic mass is 32.2. The van der Waals surface area contributed by atoms with Gasteiger partial charge in [0.1, 0.15) is 11.4 Å². The number of carbonyl (C=O) groups is 1. The van der Waals surface area contributed by atoms with Crippen LogP contribution in [0, 0.1) is 11.6 Å². The summed E-state index contributed by atoms with van der Waals surface area (Å²) in [6, 6.07) is 13.7. The Labute approximate surface area is 191 Å². The summed E-state index contributed by atoms with van der Waals surface area (Å²) in [6.45, 7) is 2.32. The summed E-state index contributed by atoms with van der Waals surface area (Å²) < 4.78 is 61.6. The average Bonchev–Trinajstić information content (AvgIpc) is 2.74. The first kappa shape index (κ1) is 24.0. The lowest BCUT2D eigenvalue weighted by atomic mass is 10.2. The molecule has 1 amide bonds. The van der Waals surface area contributed by atoms with Gasteiger partial charge in [0.2, 0.25) is 0 Å². The minimum atomic E-state index is -3.99. The number of halogens is 2. The highest BCUT2D eigenvalue weighted by molar-refractivity contribution is 7.92. The number of hydrogen-bond acceptors (Lipinski definition) is 5. The van der Waals surface area contributed by atoms with E-state index in [2.05, 4.69) is 10.0 Å². The molecule has 3 rings (SSSR count). The van der Waals surface area contributed by atoms with Crippen LogP contribution in [-0.4, -0.2) is 35.0 Å². The second-order valence-electron chi connectivity index (χ2n) is 7.23. The van der Waals surface area contributed by atoms with Crippen molar-refractivity contribution < 1.29 is 26.7 Å². The summed E-state index contributed by atoms with van der Waals surface area (Å²) in [5.74, 6) is -1.80. The molecule has 33 heavy (non-hydrogen) atoms. The Bertz CT molecular complexity index is 1240. The third kappa shape index (κ3) is 5.78. The molecular formula is C23H23F2N3O4S. The van der Waals surface area contributed by atoms with Gasteiger partial charge in [0.05, 0.1) is 11.5 Å². The van der Waals surface area contributed by atoms with E-state index in [0.717, 1.165) is 12.1 Å². The van der Waals surface area contributed by atoms with Crippen molar-refractivity contribution in [2.24, 2.45) is 0 Å². The van der Waals surface area contributed by atoms with E-state index < -0.39 is 27.6 Å². The predicted octanol–water partition coefficient (Wildman–Crippen LogP) is 4.48. The van der Waals surface area contributed by atoms with E-state index in [1.807, 2.05) is 6.92 Å². The van der Waals surface area contributed by atoms with E-state index in [0.29, 0.717) is 18.0 Å². The maximum atomic E-state index is 14.2. The lowest BCUT2D eigenvalue weighted by Gasteiger charge is -2.16. The van der Waals surface area contributed by atoms with Crippen molar-refractivity contribution in [3.63, 3.8) is 0 Å². The molecule has 3 aromatic carbocycles. The summed E-state index contributed by atoms with van der Waals surface area (Å²) in [5.41, 5.74) is -0.00913. The Kier molecular flexibility index (Phi) is 7.17. The Hall–Kier alpha value is -3.66. The fourth-order valence-corrected chi connectivity index (χ4v) is 4.18. The van der Waals surface area contributed by atoms with Crippen LogP contribution >= 0.6 is 0 Å². The molecule has 7 nitrogen and oxygen atoms in total. The Morgan fingerprint density at radius 2 is 1.61 bits per heavy atom. The van der Waals surface area contributed by atoms with E-state index in [1.54, 1.807) is 24.3 Å². The Balaban J connectivity index is 1.79. The van der Waals surface area contributed by atoms with Crippen molar-refractivity contribution in [2.45, 2.75) is 11.8 Å². The quantitative estimate of drug-likeness (QED) is 0.502. The number of hydrogen-bond donors (Lipinski definition) is 2. The number of anilines is 3. The summed E-state index contributed by atoms with van der Waals surface area (Å²) in [5, 5.41) is 2.39. The van der Waals surface area contributed by atoms with E-state index in [1.165, 1.54) is 43.3 Å².